The Morgan fingerprint density at radius 1 is 1.37 bits per heavy atom. The van der Waals surface area contributed by atoms with Crippen LogP contribution in [0, 0.1) is 6.92 Å². The van der Waals surface area contributed by atoms with Gasteiger partial charge in [0.25, 0.3) is 0 Å². The molecule has 0 bridgehead atoms. The van der Waals surface area contributed by atoms with Crippen molar-refractivity contribution >= 4 is 17.7 Å². The summed E-state index contributed by atoms with van der Waals surface area (Å²) in [5.41, 5.74) is 0.942. The molecular formula is C14H23N3OS. The first-order valence-corrected chi connectivity index (χ1v) is 8.29. The molecule has 2 rings (SSSR count). The first-order valence-electron chi connectivity index (χ1n) is 7.00. The van der Waals surface area contributed by atoms with E-state index in [1.807, 2.05) is 31.7 Å². The first-order chi connectivity index (χ1) is 9.22. The van der Waals surface area contributed by atoms with Crippen molar-refractivity contribution < 1.29 is 4.74 Å². The van der Waals surface area contributed by atoms with E-state index in [-0.39, 0.29) is 0 Å². The van der Waals surface area contributed by atoms with Gasteiger partial charge >= 0.3 is 0 Å². The minimum Gasteiger partial charge on any atom is -0.478 e. The summed E-state index contributed by atoms with van der Waals surface area (Å²) in [7, 11) is 0. The highest BCUT2D eigenvalue weighted by molar-refractivity contribution is 7.99. The average Bonchev–Trinajstić information content (AvgIpc) is 2.39. The Morgan fingerprint density at radius 2 is 2.16 bits per heavy atom. The monoisotopic (exact) mass is 281 g/mol. The van der Waals surface area contributed by atoms with Gasteiger partial charge in [0, 0.05) is 23.1 Å². The van der Waals surface area contributed by atoms with Gasteiger partial charge in [-0.25, -0.2) is 4.98 Å². The molecule has 0 aromatic carbocycles. The van der Waals surface area contributed by atoms with Gasteiger partial charge in [0.1, 0.15) is 0 Å². The summed E-state index contributed by atoms with van der Waals surface area (Å²) in [5, 5.41) is 4.16. The number of nitrogens with zero attached hydrogens (tertiary/aromatic N) is 2. The molecule has 0 radical (unpaired) electrons. The zero-order valence-electron chi connectivity index (χ0n) is 12.0. The molecule has 19 heavy (non-hydrogen) atoms. The first kappa shape index (κ1) is 14.4. The molecule has 2 atom stereocenters. The van der Waals surface area contributed by atoms with Crippen LogP contribution in [0.4, 0.5) is 5.95 Å². The Balaban J connectivity index is 2.08. The fraction of sp³-hybridized carbons (Fsp3) is 0.714. The van der Waals surface area contributed by atoms with Crippen LogP contribution in [0.15, 0.2) is 6.07 Å². The SMILES string of the molecule is CCOc1cc(C)nc(NC2CCCCC2SC)n1. The van der Waals surface area contributed by atoms with Gasteiger partial charge in [-0.1, -0.05) is 12.8 Å². The quantitative estimate of drug-likeness (QED) is 0.897. The summed E-state index contributed by atoms with van der Waals surface area (Å²) in [6.45, 7) is 4.57. The number of aromatic nitrogens is 2. The van der Waals surface area contributed by atoms with E-state index in [2.05, 4.69) is 21.5 Å². The summed E-state index contributed by atoms with van der Waals surface area (Å²) in [5.74, 6) is 1.36. The maximum Gasteiger partial charge on any atom is 0.226 e. The second-order valence-corrected chi connectivity index (χ2v) is 5.99. The van der Waals surface area contributed by atoms with Gasteiger partial charge in [-0.15, -0.1) is 0 Å². The number of hydrogen-bond acceptors (Lipinski definition) is 5. The smallest absolute Gasteiger partial charge is 0.226 e. The fourth-order valence-electron chi connectivity index (χ4n) is 2.54. The predicted molar refractivity (Wildman–Crippen MR) is 81.1 cm³/mol. The van der Waals surface area contributed by atoms with Crippen LogP contribution in [0.1, 0.15) is 38.3 Å². The molecule has 1 N–H and O–H groups in total. The number of hydrogen-bond donors (Lipinski definition) is 1. The van der Waals surface area contributed by atoms with E-state index in [0.29, 0.717) is 29.7 Å². The zero-order chi connectivity index (χ0) is 13.7. The van der Waals surface area contributed by atoms with Crippen LogP contribution >= 0.6 is 11.8 Å². The second kappa shape index (κ2) is 6.98. The third-order valence-electron chi connectivity index (χ3n) is 3.44. The maximum atomic E-state index is 5.47. The minimum atomic E-state index is 0.472. The molecule has 1 saturated carbocycles. The molecule has 1 heterocycles. The Bertz CT molecular complexity index is 414. The molecule has 1 aliphatic rings. The average molecular weight is 281 g/mol. The molecule has 106 valence electrons. The largest absolute Gasteiger partial charge is 0.478 e. The fourth-order valence-corrected chi connectivity index (χ4v) is 3.47. The van der Waals surface area contributed by atoms with Crippen molar-refractivity contribution in [3.63, 3.8) is 0 Å². The van der Waals surface area contributed by atoms with Crippen LogP contribution in [0.3, 0.4) is 0 Å². The normalized spacial score (nSPS) is 23.1. The van der Waals surface area contributed by atoms with Crippen LogP contribution < -0.4 is 10.1 Å². The van der Waals surface area contributed by atoms with E-state index in [4.69, 9.17) is 4.74 Å². The lowest BCUT2D eigenvalue weighted by Crippen LogP contribution is -2.35. The highest BCUT2D eigenvalue weighted by Gasteiger charge is 2.24. The van der Waals surface area contributed by atoms with Crippen LogP contribution in [0.5, 0.6) is 5.88 Å². The molecule has 2 unspecified atom stereocenters. The van der Waals surface area contributed by atoms with E-state index >= 15 is 0 Å². The predicted octanol–water partition coefficient (Wildman–Crippen LogP) is 3.27. The van der Waals surface area contributed by atoms with Gasteiger partial charge in [0.05, 0.1) is 6.61 Å². The Morgan fingerprint density at radius 3 is 2.89 bits per heavy atom. The van der Waals surface area contributed by atoms with E-state index in [1.165, 1.54) is 25.7 Å². The summed E-state index contributed by atoms with van der Waals surface area (Å²) in [6, 6.07) is 2.35. The maximum absolute atomic E-state index is 5.47. The van der Waals surface area contributed by atoms with Crippen molar-refractivity contribution in [1.82, 2.24) is 9.97 Å². The van der Waals surface area contributed by atoms with E-state index in [1.54, 1.807) is 0 Å². The highest BCUT2D eigenvalue weighted by atomic mass is 32.2. The van der Waals surface area contributed by atoms with Crippen molar-refractivity contribution in [3.8, 4) is 5.88 Å². The zero-order valence-corrected chi connectivity index (χ0v) is 12.8. The van der Waals surface area contributed by atoms with Crippen molar-refractivity contribution in [3.05, 3.63) is 11.8 Å². The van der Waals surface area contributed by atoms with E-state index < -0.39 is 0 Å². The number of rotatable bonds is 5. The van der Waals surface area contributed by atoms with Gasteiger partial charge in [0.2, 0.25) is 11.8 Å². The molecule has 1 aromatic rings. The number of anilines is 1. The molecule has 1 fully saturated rings. The third kappa shape index (κ3) is 4.00. The molecule has 0 aliphatic heterocycles. The number of thioether (sulfide) groups is 1. The summed E-state index contributed by atoms with van der Waals surface area (Å²) in [6.07, 6.45) is 7.30. The lowest BCUT2D eigenvalue weighted by atomic mass is 9.95. The minimum absolute atomic E-state index is 0.472. The van der Waals surface area contributed by atoms with Crippen molar-refractivity contribution in [2.75, 3.05) is 18.2 Å². The Labute approximate surface area is 119 Å². The van der Waals surface area contributed by atoms with E-state index in [0.717, 1.165) is 5.69 Å². The molecule has 1 aromatic heterocycles. The van der Waals surface area contributed by atoms with Crippen molar-refractivity contribution in [1.29, 1.82) is 0 Å². The summed E-state index contributed by atoms with van der Waals surface area (Å²) >= 11 is 1.94. The van der Waals surface area contributed by atoms with E-state index in [9.17, 15) is 0 Å². The molecule has 0 saturated heterocycles. The molecule has 1 aliphatic carbocycles. The second-order valence-electron chi connectivity index (χ2n) is 4.91. The van der Waals surface area contributed by atoms with Crippen LogP contribution in [-0.4, -0.2) is 34.1 Å². The van der Waals surface area contributed by atoms with Crippen molar-refractivity contribution in [2.24, 2.45) is 0 Å². The van der Waals surface area contributed by atoms with Crippen LogP contribution in [0.25, 0.3) is 0 Å². The lowest BCUT2D eigenvalue weighted by molar-refractivity contribution is 0.326. The van der Waals surface area contributed by atoms with Gasteiger partial charge in [0.15, 0.2) is 0 Å². The highest BCUT2D eigenvalue weighted by Crippen LogP contribution is 2.29. The van der Waals surface area contributed by atoms with Crippen LogP contribution in [-0.2, 0) is 0 Å². The van der Waals surface area contributed by atoms with Gasteiger partial charge < -0.3 is 10.1 Å². The lowest BCUT2D eigenvalue weighted by Gasteiger charge is -2.31. The number of nitrogens with one attached hydrogen (secondary N) is 1. The summed E-state index contributed by atoms with van der Waals surface area (Å²) < 4.78 is 5.47. The van der Waals surface area contributed by atoms with Crippen molar-refractivity contribution in [2.45, 2.75) is 50.8 Å². The Kier molecular flexibility index (Phi) is 5.31. The topological polar surface area (TPSA) is 47.0 Å². The molecule has 0 amide bonds. The van der Waals surface area contributed by atoms with Gasteiger partial charge in [-0.2, -0.15) is 16.7 Å². The number of ether oxygens (including phenoxy) is 1. The summed E-state index contributed by atoms with van der Waals surface area (Å²) in [4.78, 5) is 8.90. The third-order valence-corrected chi connectivity index (χ3v) is 4.61. The molecule has 0 spiro atoms. The molecular weight excluding hydrogens is 258 g/mol. The number of aryl methyl sites for hydroxylation is 1. The van der Waals surface area contributed by atoms with Crippen LogP contribution in [0.2, 0.25) is 0 Å². The van der Waals surface area contributed by atoms with Gasteiger partial charge in [-0.05, 0) is 32.9 Å². The molecule has 4 nitrogen and oxygen atoms in total. The molecule has 5 heteroatoms. The van der Waals surface area contributed by atoms with Gasteiger partial charge in [-0.3, -0.25) is 0 Å². The standard InChI is InChI=1S/C14H23N3OS/c1-4-18-13-9-10(2)15-14(17-13)16-11-7-5-6-8-12(11)19-3/h9,11-12H,4-8H2,1-3H3,(H,15,16,17). The Hall–Kier alpha value is -0.970.